The summed E-state index contributed by atoms with van der Waals surface area (Å²) in [4.78, 5) is 11.0. The van der Waals surface area contributed by atoms with Crippen molar-refractivity contribution in [3.8, 4) is 23.7 Å². The number of esters is 1. The largest absolute Gasteiger partial charge is 0.463 e. The average Bonchev–Trinajstić information content (AvgIpc) is 3.07. The lowest BCUT2D eigenvalue weighted by Crippen LogP contribution is -2.37. The number of hydrogen-bond acceptors (Lipinski definition) is 4. The molecule has 4 aliphatic rings. The first kappa shape index (κ1) is 35.1. The molecular formula is C40H63NO3. The fourth-order valence-corrected chi connectivity index (χ4v) is 8.16. The molecule has 3 saturated carbocycles. The summed E-state index contributed by atoms with van der Waals surface area (Å²) < 4.78 is 11.1. The molecule has 0 radical (unpaired) electrons. The van der Waals surface area contributed by atoms with Crippen molar-refractivity contribution in [1.29, 1.82) is 0 Å². The van der Waals surface area contributed by atoms with Gasteiger partial charge in [-0.15, -0.1) is 0 Å². The quantitative estimate of drug-likeness (QED) is 0.0985. The normalized spacial score (nSPS) is 32.4. The number of piperidine rings is 1. The molecule has 1 heterocycles. The molecule has 3 aliphatic carbocycles. The van der Waals surface area contributed by atoms with E-state index in [0.29, 0.717) is 36.5 Å². The first-order chi connectivity index (χ1) is 21.6. The summed E-state index contributed by atoms with van der Waals surface area (Å²) in [6.07, 6.45) is 28.7. The highest BCUT2D eigenvalue weighted by Crippen LogP contribution is 2.42. The minimum absolute atomic E-state index is 0.336. The zero-order valence-electron chi connectivity index (χ0n) is 28.1. The minimum Gasteiger partial charge on any atom is -0.463 e. The second-order valence-corrected chi connectivity index (χ2v) is 14.5. The average molecular weight is 606 g/mol. The van der Waals surface area contributed by atoms with Crippen LogP contribution in [0.15, 0.2) is 12.7 Å². The van der Waals surface area contributed by atoms with Gasteiger partial charge in [-0.05, 0) is 114 Å². The van der Waals surface area contributed by atoms with Crippen LogP contribution in [0.1, 0.15) is 142 Å². The van der Waals surface area contributed by atoms with Crippen LogP contribution in [0.2, 0.25) is 0 Å². The highest BCUT2D eigenvalue weighted by molar-refractivity contribution is 5.81. The third kappa shape index (κ3) is 12.9. The smallest absolute Gasteiger partial charge is 0.330 e. The van der Waals surface area contributed by atoms with Gasteiger partial charge in [-0.1, -0.05) is 75.7 Å². The molecule has 0 spiro atoms. The zero-order valence-corrected chi connectivity index (χ0v) is 28.1. The van der Waals surface area contributed by atoms with E-state index < -0.39 is 0 Å². The number of unbranched alkanes of at least 4 members (excludes halogenated alkanes) is 4. The molecule has 4 heteroatoms. The number of ether oxygens (including phenoxy) is 2. The van der Waals surface area contributed by atoms with E-state index in [9.17, 15) is 4.79 Å². The SMILES string of the molecule is C=CC(=O)OCCCCCOC1CCC(C#CC2CCC(C#CC3CCC(C4CCC(CCCCC)CC4)CC3)NC2)CC1. The second-order valence-electron chi connectivity index (χ2n) is 14.5. The Morgan fingerprint density at radius 3 is 1.98 bits per heavy atom. The van der Waals surface area contributed by atoms with Crippen molar-refractivity contribution in [2.24, 2.45) is 35.5 Å². The first-order valence-corrected chi connectivity index (χ1v) is 18.8. The number of carbonyl (C=O) groups is 1. The van der Waals surface area contributed by atoms with E-state index in [-0.39, 0.29) is 5.97 Å². The van der Waals surface area contributed by atoms with E-state index in [1.54, 1.807) is 0 Å². The Bertz CT molecular complexity index is 937. The third-order valence-corrected chi connectivity index (χ3v) is 11.1. The standard InChI is InChI=1S/C40H63NO3/c1-3-5-7-10-32-13-21-36(22-14-32)37-23-15-34(16-24-37)17-25-38-26-18-35(31-41-38)12-11-33-19-27-39(28-20-33)43-29-8-6-9-30-44-40(42)4-2/h4,32-39,41H,2-3,5-10,13-16,18-24,26-31H2,1H3. The number of carbonyl (C=O) groups excluding carboxylic acids is 1. The maximum Gasteiger partial charge on any atom is 0.330 e. The van der Waals surface area contributed by atoms with Crippen LogP contribution in [-0.4, -0.2) is 37.9 Å². The van der Waals surface area contributed by atoms with Gasteiger partial charge in [-0.3, -0.25) is 0 Å². The van der Waals surface area contributed by atoms with Gasteiger partial charge in [-0.2, -0.15) is 0 Å². The summed E-state index contributed by atoms with van der Waals surface area (Å²) in [6.45, 7) is 8.00. The molecule has 44 heavy (non-hydrogen) atoms. The predicted octanol–water partition coefficient (Wildman–Crippen LogP) is 9.03. The van der Waals surface area contributed by atoms with Crippen molar-refractivity contribution < 1.29 is 14.3 Å². The van der Waals surface area contributed by atoms with Gasteiger partial charge in [0.05, 0.1) is 18.8 Å². The molecule has 0 aromatic carbocycles. The van der Waals surface area contributed by atoms with Gasteiger partial charge >= 0.3 is 5.97 Å². The van der Waals surface area contributed by atoms with Gasteiger partial charge in [0, 0.05) is 37.0 Å². The van der Waals surface area contributed by atoms with Gasteiger partial charge in [0.15, 0.2) is 0 Å². The molecule has 2 unspecified atom stereocenters. The highest BCUT2D eigenvalue weighted by atomic mass is 16.5. The number of hydrogen-bond donors (Lipinski definition) is 1. The summed E-state index contributed by atoms with van der Waals surface area (Å²) in [5.41, 5.74) is 0. The Morgan fingerprint density at radius 2 is 1.32 bits per heavy atom. The minimum atomic E-state index is -0.336. The molecule has 1 saturated heterocycles. The van der Waals surface area contributed by atoms with Crippen LogP contribution in [-0.2, 0) is 14.3 Å². The number of rotatable bonds is 13. The van der Waals surface area contributed by atoms with Crippen molar-refractivity contribution in [1.82, 2.24) is 5.32 Å². The van der Waals surface area contributed by atoms with Crippen LogP contribution in [0.4, 0.5) is 0 Å². The van der Waals surface area contributed by atoms with Crippen molar-refractivity contribution in [2.45, 2.75) is 154 Å². The zero-order chi connectivity index (χ0) is 30.8. The van der Waals surface area contributed by atoms with Gasteiger partial charge in [0.1, 0.15) is 0 Å². The fourth-order valence-electron chi connectivity index (χ4n) is 8.16. The summed E-state index contributed by atoms with van der Waals surface area (Å²) in [7, 11) is 0. The molecule has 0 aromatic rings. The Morgan fingerprint density at radius 1 is 0.705 bits per heavy atom. The van der Waals surface area contributed by atoms with Crippen LogP contribution in [0, 0.1) is 59.2 Å². The summed E-state index contributed by atoms with van der Waals surface area (Å²) in [6, 6.07) is 0.364. The van der Waals surface area contributed by atoms with Gasteiger partial charge < -0.3 is 14.8 Å². The lowest BCUT2D eigenvalue weighted by Gasteiger charge is -2.37. The summed E-state index contributed by atoms with van der Waals surface area (Å²) in [5.74, 6) is 18.9. The van der Waals surface area contributed by atoms with Gasteiger partial charge in [-0.25, -0.2) is 4.79 Å². The molecular weight excluding hydrogens is 542 g/mol. The summed E-state index contributed by atoms with van der Waals surface area (Å²) >= 11 is 0. The van der Waals surface area contributed by atoms with E-state index in [0.717, 1.165) is 82.3 Å². The lowest BCUT2D eigenvalue weighted by molar-refractivity contribution is -0.137. The fraction of sp³-hybridized carbons (Fsp3) is 0.825. The van der Waals surface area contributed by atoms with Crippen molar-refractivity contribution in [3.05, 3.63) is 12.7 Å². The molecule has 1 aliphatic heterocycles. The molecule has 0 amide bonds. The maximum absolute atomic E-state index is 11.0. The molecule has 2 atom stereocenters. The van der Waals surface area contributed by atoms with E-state index in [1.165, 1.54) is 89.5 Å². The third-order valence-electron chi connectivity index (χ3n) is 11.1. The molecule has 4 fully saturated rings. The van der Waals surface area contributed by atoms with Crippen LogP contribution < -0.4 is 5.32 Å². The predicted molar refractivity (Wildman–Crippen MR) is 182 cm³/mol. The maximum atomic E-state index is 11.0. The summed E-state index contributed by atoms with van der Waals surface area (Å²) in [5, 5.41) is 3.71. The highest BCUT2D eigenvalue weighted by Gasteiger charge is 2.30. The van der Waals surface area contributed by atoms with Crippen molar-refractivity contribution >= 4 is 5.97 Å². The van der Waals surface area contributed by atoms with Crippen LogP contribution in [0.25, 0.3) is 0 Å². The molecule has 4 rings (SSSR count). The Balaban J connectivity index is 1.02. The van der Waals surface area contributed by atoms with E-state index in [2.05, 4.69) is 42.5 Å². The molecule has 246 valence electrons. The van der Waals surface area contributed by atoms with Crippen LogP contribution in [0.3, 0.4) is 0 Å². The lowest BCUT2D eigenvalue weighted by atomic mass is 9.69. The topological polar surface area (TPSA) is 47.6 Å². The Hall–Kier alpha value is -1.75. The van der Waals surface area contributed by atoms with Crippen LogP contribution >= 0.6 is 0 Å². The molecule has 0 bridgehead atoms. The van der Waals surface area contributed by atoms with Crippen molar-refractivity contribution in [2.75, 3.05) is 19.8 Å². The monoisotopic (exact) mass is 605 g/mol. The van der Waals surface area contributed by atoms with Gasteiger partial charge in [0.25, 0.3) is 0 Å². The second kappa shape index (κ2) is 20.4. The molecule has 4 nitrogen and oxygen atoms in total. The molecule has 1 N–H and O–H groups in total. The van der Waals surface area contributed by atoms with Crippen LogP contribution in [0.5, 0.6) is 0 Å². The Labute approximate surface area is 270 Å². The number of nitrogens with one attached hydrogen (secondary N) is 1. The van der Waals surface area contributed by atoms with Gasteiger partial charge in [0.2, 0.25) is 0 Å². The van der Waals surface area contributed by atoms with E-state index >= 15 is 0 Å². The van der Waals surface area contributed by atoms with E-state index in [4.69, 9.17) is 9.47 Å². The first-order valence-electron chi connectivity index (χ1n) is 18.8. The van der Waals surface area contributed by atoms with E-state index in [1.807, 2.05) is 0 Å². The molecule has 0 aromatic heterocycles. The van der Waals surface area contributed by atoms with Crippen molar-refractivity contribution in [3.63, 3.8) is 0 Å². The Kier molecular flexibility index (Phi) is 16.3.